The van der Waals surface area contributed by atoms with Gasteiger partial charge in [0.25, 0.3) is 5.91 Å². The molecule has 0 aromatic heterocycles. The molecule has 0 radical (unpaired) electrons. The molecule has 0 unspecified atom stereocenters. The number of nitrogens with one attached hydrogen (secondary N) is 1. The third kappa shape index (κ3) is 5.54. The van der Waals surface area contributed by atoms with E-state index in [9.17, 15) is 14.4 Å². The zero-order valence-electron chi connectivity index (χ0n) is 15.1. The average molecular weight is 470 g/mol. The van der Waals surface area contributed by atoms with Crippen LogP contribution in [0.1, 0.15) is 16.7 Å². The second kappa shape index (κ2) is 9.51. The van der Waals surface area contributed by atoms with E-state index in [1.165, 1.54) is 18.2 Å². The van der Waals surface area contributed by atoms with Crippen molar-refractivity contribution in [3.8, 4) is 6.07 Å². The van der Waals surface area contributed by atoms with Gasteiger partial charge in [0.05, 0.1) is 10.7 Å². The lowest BCUT2D eigenvalue weighted by Gasteiger charge is -2.09. The summed E-state index contributed by atoms with van der Waals surface area (Å²) in [6.45, 7) is 0. The second-order valence-corrected chi connectivity index (χ2v) is 7.58. The van der Waals surface area contributed by atoms with Crippen LogP contribution in [0.5, 0.6) is 0 Å². The molecule has 0 spiro atoms. The van der Waals surface area contributed by atoms with Gasteiger partial charge in [0, 0.05) is 4.47 Å². The molecule has 29 heavy (non-hydrogen) atoms. The molecule has 0 bridgehead atoms. The topological polar surface area (TPSA) is 52.9 Å². The molecular formula is C23H15BrClFN2O. The summed E-state index contributed by atoms with van der Waals surface area (Å²) in [6.07, 6.45) is 1.98. The molecular weight excluding hydrogens is 455 g/mol. The first-order valence-corrected chi connectivity index (χ1v) is 9.84. The average Bonchev–Trinajstić information content (AvgIpc) is 2.69. The lowest BCUT2D eigenvalue weighted by Crippen LogP contribution is -2.13. The Balaban J connectivity index is 1.92. The van der Waals surface area contributed by atoms with E-state index in [0.717, 1.165) is 15.6 Å². The van der Waals surface area contributed by atoms with Crippen molar-refractivity contribution in [3.63, 3.8) is 0 Å². The van der Waals surface area contributed by atoms with E-state index in [1.807, 2.05) is 30.3 Å². The fourth-order valence-corrected chi connectivity index (χ4v) is 3.35. The Morgan fingerprint density at radius 2 is 1.93 bits per heavy atom. The fourth-order valence-electron chi connectivity index (χ4n) is 2.78. The number of para-hydroxylation sites is 1. The van der Waals surface area contributed by atoms with E-state index < -0.39 is 5.91 Å². The summed E-state index contributed by atoms with van der Waals surface area (Å²) in [6, 6.07) is 20.6. The minimum atomic E-state index is -0.558. The molecule has 144 valence electrons. The van der Waals surface area contributed by atoms with Crippen molar-refractivity contribution in [2.45, 2.75) is 6.42 Å². The third-order valence-electron chi connectivity index (χ3n) is 4.18. The van der Waals surface area contributed by atoms with Gasteiger partial charge in [-0.2, -0.15) is 5.26 Å². The van der Waals surface area contributed by atoms with Crippen molar-refractivity contribution >= 4 is 45.2 Å². The van der Waals surface area contributed by atoms with Gasteiger partial charge in [0.1, 0.15) is 17.5 Å². The SMILES string of the molecule is N#C/C(=C\c1cc(Br)ccc1Cc1cccc(F)c1)C(=O)Nc1ccccc1Cl. The summed E-state index contributed by atoms with van der Waals surface area (Å²) in [7, 11) is 0. The standard InChI is InChI=1S/C23H15BrClFN2O/c24-19-9-8-16(10-15-4-3-5-20(26)11-15)17(13-19)12-18(14-27)23(29)28-22-7-2-1-6-21(22)25/h1-9,11-13H,10H2,(H,28,29)/b18-12+. The maximum atomic E-state index is 13.5. The summed E-state index contributed by atoms with van der Waals surface area (Å²) >= 11 is 9.49. The smallest absolute Gasteiger partial charge is 0.266 e. The summed E-state index contributed by atoms with van der Waals surface area (Å²) in [5.41, 5.74) is 2.70. The number of nitrogens with zero attached hydrogens (tertiary/aromatic N) is 1. The molecule has 0 saturated carbocycles. The molecule has 1 N–H and O–H groups in total. The number of hydrogen-bond acceptors (Lipinski definition) is 2. The molecule has 0 aliphatic rings. The van der Waals surface area contributed by atoms with Crippen LogP contribution < -0.4 is 5.32 Å². The normalized spacial score (nSPS) is 11.0. The molecule has 3 aromatic rings. The summed E-state index contributed by atoms with van der Waals surface area (Å²) in [5, 5.41) is 12.5. The third-order valence-corrected chi connectivity index (χ3v) is 5.00. The van der Waals surface area contributed by atoms with Crippen LogP contribution in [0.25, 0.3) is 6.08 Å². The Morgan fingerprint density at radius 3 is 2.66 bits per heavy atom. The van der Waals surface area contributed by atoms with E-state index in [1.54, 1.807) is 30.3 Å². The molecule has 3 aromatic carbocycles. The Bertz CT molecular complexity index is 1140. The highest BCUT2D eigenvalue weighted by atomic mass is 79.9. The van der Waals surface area contributed by atoms with Crippen molar-refractivity contribution in [1.29, 1.82) is 5.26 Å². The monoisotopic (exact) mass is 468 g/mol. The molecule has 1 amide bonds. The van der Waals surface area contributed by atoms with E-state index in [0.29, 0.717) is 22.7 Å². The van der Waals surface area contributed by atoms with Crippen LogP contribution in [0.3, 0.4) is 0 Å². The number of carbonyl (C=O) groups excluding carboxylic acids is 1. The molecule has 6 heteroatoms. The Morgan fingerprint density at radius 1 is 1.14 bits per heavy atom. The van der Waals surface area contributed by atoms with Gasteiger partial charge in [-0.3, -0.25) is 4.79 Å². The Kier molecular flexibility index (Phi) is 6.82. The van der Waals surface area contributed by atoms with Crippen LogP contribution >= 0.6 is 27.5 Å². The quantitative estimate of drug-likeness (QED) is 0.348. The van der Waals surface area contributed by atoms with Gasteiger partial charge < -0.3 is 5.32 Å². The molecule has 0 saturated heterocycles. The van der Waals surface area contributed by atoms with Gasteiger partial charge >= 0.3 is 0 Å². The van der Waals surface area contributed by atoms with E-state index in [-0.39, 0.29) is 11.4 Å². The number of rotatable bonds is 5. The van der Waals surface area contributed by atoms with Gasteiger partial charge in [-0.15, -0.1) is 0 Å². The van der Waals surface area contributed by atoms with Gasteiger partial charge in [-0.1, -0.05) is 57.9 Å². The van der Waals surface area contributed by atoms with Crippen molar-refractivity contribution in [3.05, 3.63) is 104 Å². The van der Waals surface area contributed by atoms with Crippen molar-refractivity contribution in [2.75, 3.05) is 5.32 Å². The highest BCUT2D eigenvalue weighted by Gasteiger charge is 2.13. The summed E-state index contributed by atoms with van der Waals surface area (Å²) < 4.78 is 14.3. The zero-order chi connectivity index (χ0) is 20.8. The van der Waals surface area contributed by atoms with Gasteiger partial charge in [-0.05, 0) is 65.6 Å². The summed E-state index contributed by atoms with van der Waals surface area (Å²) in [4.78, 5) is 12.6. The first-order chi connectivity index (χ1) is 14.0. The minimum Gasteiger partial charge on any atom is -0.320 e. The highest BCUT2D eigenvalue weighted by molar-refractivity contribution is 9.10. The van der Waals surface area contributed by atoms with E-state index in [4.69, 9.17) is 11.6 Å². The molecule has 0 atom stereocenters. The predicted octanol–water partition coefficient (Wildman–Crippen LogP) is 6.38. The highest BCUT2D eigenvalue weighted by Crippen LogP contribution is 2.24. The number of benzene rings is 3. The number of amides is 1. The Hall–Kier alpha value is -2.94. The molecule has 0 aliphatic carbocycles. The number of nitriles is 1. The van der Waals surface area contributed by atoms with Crippen LogP contribution in [0.4, 0.5) is 10.1 Å². The van der Waals surface area contributed by atoms with Crippen LogP contribution in [0.2, 0.25) is 5.02 Å². The lowest BCUT2D eigenvalue weighted by atomic mass is 9.98. The van der Waals surface area contributed by atoms with Crippen LogP contribution in [-0.2, 0) is 11.2 Å². The van der Waals surface area contributed by atoms with E-state index >= 15 is 0 Å². The Labute approximate surface area is 181 Å². The van der Waals surface area contributed by atoms with Crippen molar-refractivity contribution in [2.24, 2.45) is 0 Å². The molecule has 3 nitrogen and oxygen atoms in total. The maximum Gasteiger partial charge on any atom is 0.266 e. The van der Waals surface area contributed by atoms with Gasteiger partial charge in [0.2, 0.25) is 0 Å². The van der Waals surface area contributed by atoms with Crippen molar-refractivity contribution in [1.82, 2.24) is 0 Å². The lowest BCUT2D eigenvalue weighted by molar-refractivity contribution is -0.112. The van der Waals surface area contributed by atoms with Crippen molar-refractivity contribution < 1.29 is 9.18 Å². The molecule has 0 fully saturated rings. The number of anilines is 1. The van der Waals surface area contributed by atoms with Gasteiger partial charge in [-0.25, -0.2) is 4.39 Å². The largest absolute Gasteiger partial charge is 0.320 e. The minimum absolute atomic E-state index is 0.0662. The molecule has 0 aliphatic heterocycles. The first-order valence-electron chi connectivity index (χ1n) is 8.67. The number of carbonyl (C=O) groups is 1. The van der Waals surface area contributed by atoms with Crippen LogP contribution in [-0.4, -0.2) is 5.91 Å². The van der Waals surface area contributed by atoms with Crippen LogP contribution in [0, 0.1) is 17.1 Å². The number of hydrogen-bond donors (Lipinski definition) is 1. The zero-order valence-corrected chi connectivity index (χ0v) is 17.5. The first kappa shape index (κ1) is 20.8. The fraction of sp³-hybridized carbons (Fsp3) is 0.0435. The molecule has 0 heterocycles. The predicted molar refractivity (Wildman–Crippen MR) is 117 cm³/mol. The molecule has 3 rings (SSSR count). The number of halogens is 3. The summed E-state index contributed by atoms with van der Waals surface area (Å²) in [5.74, 6) is -0.870. The van der Waals surface area contributed by atoms with E-state index in [2.05, 4.69) is 21.2 Å². The van der Waals surface area contributed by atoms with Gasteiger partial charge in [0.15, 0.2) is 0 Å². The van der Waals surface area contributed by atoms with Crippen LogP contribution in [0.15, 0.2) is 76.8 Å². The second-order valence-electron chi connectivity index (χ2n) is 6.25. The maximum absolute atomic E-state index is 13.5.